The van der Waals surface area contributed by atoms with Crippen LogP contribution in [0.4, 0.5) is 0 Å². The van der Waals surface area contributed by atoms with E-state index >= 15 is 0 Å². The molecule has 0 unspecified atom stereocenters. The Bertz CT molecular complexity index is 565. The van der Waals surface area contributed by atoms with Crippen molar-refractivity contribution in [1.82, 2.24) is 5.32 Å². The third kappa shape index (κ3) is 2.04. The molecule has 2 aromatic carbocycles. The largest absolute Gasteiger partial charge is 0.316 e. The maximum absolute atomic E-state index is 12.6. The van der Waals surface area contributed by atoms with Crippen LogP contribution in [-0.4, -0.2) is 18.9 Å². The Morgan fingerprint density at radius 2 is 1.94 bits per heavy atom. The molecule has 1 heterocycles. The topological polar surface area (TPSA) is 29.1 Å². The van der Waals surface area contributed by atoms with Crippen LogP contribution in [0.5, 0.6) is 0 Å². The molecule has 2 nitrogen and oxygen atoms in total. The number of carbonyl (C=O) groups excluding carboxylic acids is 1. The minimum absolute atomic E-state index is 0.143. The number of piperidine rings is 1. The molecule has 1 saturated heterocycles. The number of fused-ring (bicyclic) bond motifs is 1. The van der Waals surface area contributed by atoms with Gasteiger partial charge in [-0.15, -0.1) is 0 Å². The predicted octanol–water partition coefficient (Wildman–Crippen LogP) is 3.02. The molecule has 0 aliphatic carbocycles. The third-order valence-corrected chi connectivity index (χ3v) is 3.72. The van der Waals surface area contributed by atoms with Gasteiger partial charge in [-0.1, -0.05) is 42.5 Å². The third-order valence-electron chi connectivity index (χ3n) is 3.72. The first-order valence-corrected chi connectivity index (χ1v) is 6.59. The van der Waals surface area contributed by atoms with Crippen LogP contribution in [0.1, 0.15) is 23.2 Å². The van der Waals surface area contributed by atoms with Crippen LogP contribution >= 0.6 is 0 Å². The molecular weight excluding hydrogens is 222 g/mol. The molecule has 0 radical (unpaired) electrons. The highest BCUT2D eigenvalue weighted by Crippen LogP contribution is 2.23. The molecule has 0 spiro atoms. The smallest absolute Gasteiger partial charge is 0.167 e. The summed E-state index contributed by atoms with van der Waals surface area (Å²) >= 11 is 0. The van der Waals surface area contributed by atoms with E-state index in [1.54, 1.807) is 0 Å². The van der Waals surface area contributed by atoms with Gasteiger partial charge in [0, 0.05) is 18.0 Å². The number of benzene rings is 2. The van der Waals surface area contributed by atoms with Gasteiger partial charge < -0.3 is 5.32 Å². The molecule has 1 aliphatic heterocycles. The van der Waals surface area contributed by atoms with Crippen molar-refractivity contribution >= 4 is 16.6 Å². The van der Waals surface area contributed by atoms with Crippen LogP contribution in [0.2, 0.25) is 0 Å². The Balaban J connectivity index is 2.00. The van der Waals surface area contributed by atoms with Crippen molar-refractivity contribution < 1.29 is 4.79 Å². The number of rotatable bonds is 2. The van der Waals surface area contributed by atoms with Crippen molar-refractivity contribution in [2.75, 3.05) is 13.1 Å². The number of carbonyl (C=O) groups is 1. The maximum atomic E-state index is 12.6. The minimum atomic E-state index is 0.143. The molecule has 0 aromatic heterocycles. The van der Waals surface area contributed by atoms with E-state index in [4.69, 9.17) is 0 Å². The zero-order valence-electron chi connectivity index (χ0n) is 10.4. The zero-order chi connectivity index (χ0) is 12.4. The highest BCUT2D eigenvalue weighted by atomic mass is 16.1. The van der Waals surface area contributed by atoms with E-state index in [2.05, 4.69) is 17.4 Å². The number of hydrogen-bond donors (Lipinski definition) is 1. The molecule has 1 aliphatic rings. The van der Waals surface area contributed by atoms with E-state index in [0.29, 0.717) is 5.78 Å². The SMILES string of the molecule is O=C(c1cccc2ccccc12)[C@H]1CCCNC1. The highest BCUT2D eigenvalue weighted by Gasteiger charge is 2.23. The van der Waals surface area contributed by atoms with Gasteiger partial charge in [0.1, 0.15) is 0 Å². The van der Waals surface area contributed by atoms with Gasteiger partial charge in [0.25, 0.3) is 0 Å². The summed E-state index contributed by atoms with van der Waals surface area (Å²) in [7, 11) is 0. The molecule has 0 saturated carbocycles. The number of nitrogens with one attached hydrogen (secondary N) is 1. The van der Waals surface area contributed by atoms with Gasteiger partial charge >= 0.3 is 0 Å². The second kappa shape index (κ2) is 4.91. The molecular formula is C16H17NO. The molecule has 2 heteroatoms. The van der Waals surface area contributed by atoms with E-state index in [1.807, 2.05) is 30.3 Å². The molecule has 3 rings (SSSR count). The summed E-state index contributed by atoms with van der Waals surface area (Å²) in [5.41, 5.74) is 0.877. The lowest BCUT2D eigenvalue weighted by Gasteiger charge is -2.22. The van der Waals surface area contributed by atoms with E-state index in [-0.39, 0.29) is 5.92 Å². The molecule has 1 atom stereocenters. The molecule has 0 bridgehead atoms. The van der Waals surface area contributed by atoms with Crippen molar-refractivity contribution in [3.8, 4) is 0 Å². The van der Waals surface area contributed by atoms with Crippen molar-refractivity contribution in [3.63, 3.8) is 0 Å². The Morgan fingerprint density at radius 1 is 1.11 bits per heavy atom. The number of hydrogen-bond acceptors (Lipinski definition) is 2. The molecule has 1 fully saturated rings. The van der Waals surface area contributed by atoms with E-state index < -0.39 is 0 Å². The second-order valence-corrected chi connectivity index (χ2v) is 4.93. The molecule has 18 heavy (non-hydrogen) atoms. The number of ketones is 1. The van der Waals surface area contributed by atoms with Crippen LogP contribution < -0.4 is 5.32 Å². The fourth-order valence-corrected chi connectivity index (χ4v) is 2.74. The van der Waals surface area contributed by atoms with Crippen molar-refractivity contribution in [2.45, 2.75) is 12.8 Å². The van der Waals surface area contributed by atoms with Crippen molar-refractivity contribution in [3.05, 3.63) is 48.0 Å². The molecule has 0 amide bonds. The van der Waals surface area contributed by atoms with Gasteiger partial charge in [0.15, 0.2) is 5.78 Å². The normalized spacial score (nSPS) is 19.9. The summed E-state index contributed by atoms with van der Waals surface area (Å²) < 4.78 is 0. The Hall–Kier alpha value is -1.67. The number of Topliss-reactive ketones (excluding diaryl/α,β-unsaturated/α-hetero) is 1. The maximum Gasteiger partial charge on any atom is 0.167 e. The lowest BCUT2D eigenvalue weighted by atomic mass is 9.89. The van der Waals surface area contributed by atoms with Gasteiger partial charge in [0.05, 0.1) is 0 Å². The Kier molecular flexibility index (Phi) is 3.11. The van der Waals surface area contributed by atoms with Gasteiger partial charge in [-0.2, -0.15) is 0 Å². The molecule has 2 aromatic rings. The van der Waals surface area contributed by atoms with Crippen molar-refractivity contribution in [1.29, 1.82) is 0 Å². The van der Waals surface area contributed by atoms with E-state index in [1.165, 1.54) is 0 Å². The summed E-state index contributed by atoms with van der Waals surface area (Å²) in [5.74, 6) is 0.434. The fourth-order valence-electron chi connectivity index (χ4n) is 2.74. The van der Waals surface area contributed by atoms with Gasteiger partial charge in [-0.25, -0.2) is 0 Å². The Labute approximate surface area is 107 Å². The second-order valence-electron chi connectivity index (χ2n) is 4.93. The summed E-state index contributed by atoms with van der Waals surface area (Å²) in [6, 6.07) is 14.1. The quantitative estimate of drug-likeness (QED) is 0.816. The van der Waals surface area contributed by atoms with Crippen LogP contribution in [0.3, 0.4) is 0 Å². The van der Waals surface area contributed by atoms with E-state index in [0.717, 1.165) is 42.3 Å². The lowest BCUT2D eigenvalue weighted by Crippen LogP contribution is -2.34. The highest BCUT2D eigenvalue weighted by molar-refractivity contribution is 6.09. The van der Waals surface area contributed by atoms with Crippen LogP contribution in [-0.2, 0) is 0 Å². The zero-order valence-corrected chi connectivity index (χ0v) is 10.4. The van der Waals surface area contributed by atoms with Gasteiger partial charge in [-0.05, 0) is 30.2 Å². The van der Waals surface area contributed by atoms with Gasteiger partial charge in [-0.3, -0.25) is 4.79 Å². The fraction of sp³-hybridized carbons (Fsp3) is 0.312. The average Bonchev–Trinajstić information content (AvgIpc) is 2.47. The van der Waals surface area contributed by atoms with Crippen LogP contribution in [0.15, 0.2) is 42.5 Å². The monoisotopic (exact) mass is 239 g/mol. The lowest BCUT2D eigenvalue weighted by molar-refractivity contribution is 0.0901. The van der Waals surface area contributed by atoms with Gasteiger partial charge in [0.2, 0.25) is 0 Å². The van der Waals surface area contributed by atoms with Crippen molar-refractivity contribution in [2.24, 2.45) is 5.92 Å². The summed E-state index contributed by atoms with van der Waals surface area (Å²) in [5, 5.41) is 5.54. The van der Waals surface area contributed by atoms with Crippen LogP contribution in [0, 0.1) is 5.92 Å². The summed E-state index contributed by atoms with van der Waals surface area (Å²) in [6.07, 6.45) is 2.11. The minimum Gasteiger partial charge on any atom is -0.316 e. The standard InChI is InChI=1S/C16H17NO/c18-16(13-7-4-10-17-11-13)15-9-3-6-12-5-1-2-8-14(12)15/h1-3,5-6,8-9,13,17H,4,7,10-11H2/t13-/m0/s1. The molecule has 1 N–H and O–H groups in total. The first kappa shape index (κ1) is 11.4. The van der Waals surface area contributed by atoms with E-state index in [9.17, 15) is 4.79 Å². The average molecular weight is 239 g/mol. The first-order valence-electron chi connectivity index (χ1n) is 6.59. The van der Waals surface area contributed by atoms with Crippen LogP contribution in [0.25, 0.3) is 10.8 Å². The summed E-state index contributed by atoms with van der Waals surface area (Å²) in [4.78, 5) is 12.6. The summed E-state index contributed by atoms with van der Waals surface area (Å²) in [6.45, 7) is 1.86. The predicted molar refractivity (Wildman–Crippen MR) is 73.9 cm³/mol. The molecule has 92 valence electrons. The first-order chi connectivity index (χ1) is 8.86. The Morgan fingerprint density at radius 3 is 2.78 bits per heavy atom.